The second-order valence-electron chi connectivity index (χ2n) is 5.10. The number of alkyl halides is 3. The van der Waals surface area contributed by atoms with E-state index in [1.54, 1.807) is 0 Å². The van der Waals surface area contributed by atoms with Crippen molar-refractivity contribution in [2.24, 2.45) is 0 Å². The third-order valence-electron chi connectivity index (χ3n) is 3.83. The smallest absolute Gasteiger partial charge is 0.418 e. The molecule has 0 saturated carbocycles. The van der Waals surface area contributed by atoms with E-state index in [9.17, 15) is 23.1 Å². The maximum absolute atomic E-state index is 12.7. The fourth-order valence-electron chi connectivity index (χ4n) is 2.59. The van der Waals surface area contributed by atoms with Crippen LogP contribution in [0.15, 0.2) is 0 Å². The highest BCUT2D eigenvalue weighted by Gasteiger charge is 2.60. The lowest BCUT2D eigenvalue weighted by atomic mass is 9.86. The number of nitrogens with one attached hydrogen (secondary N) is 1. The molecular formula is C10H15F3N2O3. The van der Waals surface area contributed by atoms with E-state index in [0.29, 0.717) is 13.1 Å². The Kier molecular flexibility index (Phi) is 3.07. The first-order chi connectivity index (χ1) is 8.19. The zero-order valence-electron chi connectivity index (χ0n) is 9.63. The number of rotatable bonds is 3. The van der Waals surface area contributed by atoms with Gasteiger partial charge in [-0.1, -0.05) is 0 Å². The van der Waals surface area contributed by atoms with E-state index in [0.717, 1.165) is 0 Å². The average Bonchev–Trinajstić information content (AvgIpc) is 2.55. The Morgan fingerprint density at radius 3 is 2.33 bits per heavy atom. The number of halogens is 3. The Labute approximate surface area is 102 Å². The van der Waals surface area contributed by atoms with Gasteiger partial charge in [0.15, 0.2) is 5.60 Å². The van der Waals surface area contributed by atoms with E-state index in [2.05, 4.69) is 5.32 Å². The number of hydrogen-bond donors (Lipinski definition) is 3. The summed E-state index contributed by atoms with van der Waals surface area (Å²) in [6.07, 6.45) is -5.30. The van der Waals surface area contributed by atoms with E-state index >= 15 is 0 Å². The van der Waals surface area contributed by atoms with E-state index in [1.807, 2.05) is 0 Å². The predicted molar refractivity (Wildman–Crippen MR) is 55.0 cm³/mol. The van der Waals surface area contributed by atoms with Gasteiger partial charge in [0.25, 0.3) is 0 Å². The van der Waals surface area contributed by atoms with Gasteiger partial charge in [0.2, 0.25) is 0 Å². The SMILES string of the molecule is O=C(O)CC1(N2CCC(O)(C(F)(F)F)C2)CNC1. The van der Waals surface area contributed by atoms with Crippen molar-refractivity contribution in [1.82, 2.24) is 10.2 Å². The van der Waals surface area contributed by atoms with E-state index in [4.69, 9.17) is 5.11 Å². The molecule has 0 amide bonds. The Morgan fingerprint density at radius 2 is 2.00 bits per heavy atom. The summed E-state index contributed by atoms with van der Waals surface area (Å²) in [5.74, 6) is -1.04. The zero-order valence-corrected chi connectivity index (χ0v) is 9.63. The van der Waals surface area contributed by atoms with E-state index in [-0.39, 0.29) is 13.0 Å². The van der Waals surface area contributed by atoms with Gasteiger partial charge in [0.1, 0.15) is 0 Å². The second kappa shape index (κ2) is 4.07. The molecule has 8 heteroatoms. The van der Waals surface area contributed by atoms with Gasteiger partial charge in [-0.05, 0) is 6.42 Å². The summed E-state index contributed by atoms with van der Waals surface area (Å²) >= 11 is 0. The molecule has 0 aromatic carbocycles. The van der Waals surface area contributed by atoms with Crippen molar-refractivity contribution in [2.75, 3.05) is 26.2 Å². The van der Waals surface area contributed by atoms with Crippen LogP contribution in [0.25, 0.3) is 0 Å². The molecule has 1 atom stereocenters. The largest absolute Gasteiger partial charge is 0.481 e. The third kappa shape index (κ3) is 2.08. The molecule has 2 rings (SSSR count). The molecule has 0 aliphatic carbocycles. The minimum absolute atomic E-state index is 0.0605. The Morgan fingerprint density at radius 1 is 1.39 bits per heavy atom. The lowest BCUT2D eigenvalue weighted by Gasteiger charge is -2.48. The van der Waals surface area contributed by atoms with Crippen LogP contribution in [0.2, 0.25) is 0 Å². The van der Waals surface area contributed by atoms with Crippen LogP contribution in [0.4, 0.5) is 13.2 Å². The Bertz CT molecular complexity index is 357. The van der Waals surface area contributed by atoms with Crippen LogP contribution < -0.4 is 5.32 Å². The lowest BCUT2D eigenvalue weighted by molar-refractivity contribution is -0.255. The maximum Gasteiger partial charge on any atom is 0.418 e. The number of nitrogens with zero attached hydrogens (tertiary/aromatic N) is 1. The molecular weight excluding hydrogens is 253 g/mol. The first-order valence-electron chi connectivity index (χ1n) is 5.65. The topological polar surface area (TPSA) is 72.8 Å². The van der Waals surface area contributed by atoms with Crippen LogP contribution in [0.3, 0.4) is 0 Å². The summed E-state index contributed by atoms with van der Waals surface area (Å²) in [6, 6.07) is 0. The van der Waals surface area contributed by atoms with Gasteiger partial charge in [-0.3, -0.25) is 9.69 Å². The molecule has 2 aliphatic heterocycles. The van der Waals surface area contributed by atoms with Gasteiger partial charge in [0, 0.05) is 26.2 Å². The standard InChI is InChI=1S/C10H15F3N2O3/c11-10(12,13)9(18)1-2-15(6-9)8(3-7(16)17)4-14-5-8/h14,18H,1-6H2,(H,16,17). The van der Waals surface area contributed by atoms with Crippen molar-refractivity contribution in [3.05, 3.63) is 0 Å². The van der Waals surface area contributed by atoms with Crippen molar-refractivity contribution < 1.29 is 28.2 Å². The fourth-order valence-corrected chi connectivity index (χ4v) is 2.59. The summed E-state index contributed by atoms with van der Waals surface area (Å²) in [5, 5.41) is 21.3. The molecule has 2 heterocycles. The highest BCUT2D eigenvalue weighted by molar-refractivity contribution is 5.69. The van der Waals surface area contributed by atoms with Gasteiger partial charge < -0.3 is 15.5 Å². The number of hydrogen-bond acceptors (Lipinski definition) is 4. The van der Waals surface area contributed by atoms with Crippen molar-refractivity contribution in [3.8, 4) is 0 Å². The Balaban J connectivity index is 2.10. The summed E-state index contributed by atoms with van der Waals surface area (Å²) in [4.78, 5) is 12.2. The molecule has 0 aromatic rings. The van der Waals surface area contributed by atoms with Crippen LogP contribution in [-0.2, 0) is 4.79 Å². The van der Waals surface area contributed by atoms with Crippen molar-refractivity contribution in [2.45, 2.75) is 30.2 Å². The number of likely N-dealkylation sites (tertiary alicyclic amines) is 1. The molecule has 2 saturated heterocycles. The lowest BCUT2D eigenvalue weighted by Crippen LogP contribution is -2.69. The quantitative estimate of drug-likeness (QED) is 0.661. The monoisotopic (exact) mass is 268 g/mol. The highest BCUT2D eigenvalue weighted by Crippen LogP contribution is 2.41. The van der Waals surface area contributed by atoms with E-state index < -0.39 is 36.3 Å². The van der Waals surface area contributed by atoms with Crippen molar-refractivity contribution >= 4 is 5.97 Å². The van der Waals surface area contributed by atoms with Crippen molar-refractivity contribution in [3.63, 3.8) is 0 Å². The van der Waals surface area contributed by atoms with Gasteiger partial charge in [-0.15, -0.1) is 0 Å². The normalized spacial score (nSPS) is 32.2. The Hall–Kier alpha value is -0.860. The van der Waals surface area contributed by atoms with Crippen LogP contribution in [0.1, 0.15) is 12.8 Å². The molecule has 104 valence electrons. The molecule has 0 spiro atoms. The number of aliphatic carboxylic acids is 1. The van der Waals surface area contributed by atoms with Crippen LogP contribution in [-0.4, -0.2) is 64.6 Å². The molecule has 1 unspecified atom stereocenters. The van der Waals surface area contributed by atoms with Gasteiger partial charge in [-0.2, -0.15) is 13.2 Å². The number of aliphatic hydroxyl groups is 1. The molecule has 0 aromatic heterocycles. The first kappa shape index (κ1) is 13.6. The summed E-state index contributed by atoms with van der Waals surface area (Å²) in [5.41, 5.74) is -3.50. The first-order valence-corrected chi connectivity index (χ1v) is 5.65. The minimum atomic E-state index is -4.68. The number of β-amino-alcohol motifs (C(OH)–C–C–N with tert-alkyl or cyclic N) is 1. The third-order valence-corrected chi connectivity index (χ3v) is 3.83. The minimum Gasteiger partial charge on any atom is -0.481 e. The molecule has 0 bridgehead atoms. The van der Waals surface area contributed by atoms with Crippen LogP contribution >= 0.6 is 0 Å². The summed E-state index contributed by atoms with van der Waals surface area (Å²) in [7, 11) is 0. The van der Waals surface area contributed by atoms with Crippen LogP contribution in [0.5, 0.6) is 0 Å². The van der Waals surface area contributed by atoms with Crippen LogP contribution in [0, 0.1) is 0 Å². The summed E-state index contributed by atoms with van der Waals surface area (Å²) in [6.45, 7) is 0.191. The second-order valence-corrected chi connectivity index (χ2v) is 5.10. The van der Waals surface area contributed by atoms with E-state index in [1.165, 1.54) is 4.90 Å². The fraction of sp³-hybridized carbons (Fsp3) is 0.900. The molecule has 5 nitrogen and oxygen atoms in total. The maximum atomic E-state index is 12.7. The van der Waals surface area contributed by atoms with Gasteiger partial charge >= 0.3 is 12.1 Å². The molecule has 2 aliphatic rings. The number of carbonyl (C=O) groups is 1. The molecule has 2 fully saturated rings. The molecule has 0 radical (unpaired) electrons. The number of carboxylic acids is 1. The number of carboxylic acid groups (broad SMARTS) is 1. The summed E-state index contributed by atoms with van der Waals surface area (Å²) < 4.78 is 38.0. The molecule has 18 heavy (non-hydrogen) atoms. The zero-order chi connectivity index (χ0) is 13.6. The molecule has 3 N–H and O–H groups in total. The van der Waals surface area contributed by atoms with Crippen molar-refractivity contribution in [1.29, 1.82) is 0 Å². The predicted octanol–water partition coefficient (Wildman–Crippen LogP) is -0.198. The van der Waals surface area contributed by atoms with Gasteiger partial charge in [-0.25, -0.2) is 0 Å². The highest BCUT2D eigenvalue weighted by atomic mass is 19.4. The average molecular weight is 268 g/mol. The van der Waals surface area contributed by atoms with Gasteiger partial charge in [0.05, 0.1) is 12.0 Å².